The van der Waals surface area contributed by atoms with E-state index in [0.717, 1.165) is 0 Å². The number of hydrogen-bond acceptors (Lipinski definition) is 3. The lowest BCUT2D eigenvalue weighted by Gasteiger charge is -2.21. The zero-order chi connectivity index (χ0) is 12.9. The molecular formula is C13H21NO2S. The van der Waals surface area contributed by atoms with Crippen LogP contribution in [0.5, 0.6) is 0 Å². The van der Waals surface area contributed by atoms with Gasteiger partial charge in [0.25, 0.3) is 0 Å². The van der Waals surface area contributed by atoms with Crippen molar-refractivity contribution in [2.45, 2.75) is 13.8 Å². The Bertz CT molecular complexity index is 423. The summed E-state index contributed by atoms with van der Waals surface area (Å²) in [6.07, 6.45) is 0. The Morgan fingerprint density at radius 3 is 1.82 bits per heavy atom. The first-order chi connectivity index (χ1) is 7.89. The zero-order valence-electron chi connectivity index (χ0n) is 10.8. The molecule has 0 N–H and O–H groups in total. The van der Waals surface area contributed by atoms with E-state index in [1.165, 1.54) is 11.1 Å². The molecule has 1 fully saturated rings. The van der Waals surface area contributed by atoms with Gasteiger partial charge in [0, 0.05) is 13.1 Å². The lowest BCUT2D eigenvalue weighted by molar-refractivity contribution is 0.360. The molecule has 3 nitrogen and oxygen atoms in total. The fraction of sp³-hybridized carbons (Fsp3) is 0.538. The predicted octanol–water partition coefficient (Wildman–Crippen LogP) is 1.65. The highest BCUT2D eigenvalue weighted by Crippen LogP contribution is 2.00. The third kappa shape index (κ3) is 5.84. The number of aryl methyl sites for hydroxylation is 2. The molecule has 17 heavy (non-hydrogen) atoms. The second-order valence-corrected chi connectivity index (χ2v) is 6.92. The lowest BCUT2D eigenvalue weighted by atomic mass is 10.2. The molecule has 0 unspecified atom stereocenters. The molecule has 1 aromatic carbocycles. The minimum absolute atomic E-state index is 0.337. The predicted molar refractivity (Wildman–Crippen MR) is 72.1 cm³/mol. The van der Waals surface area contributed by atoms with E-state index in [2.05, 4.69) is 38.1 Å². The van der Waals surface area contributed by atoms with Gasteiger partial charge >= 0.3 is 0 Å². The van der Waals surface area contributed by atoms with E-state index < -0.39 is 9.84 Å². The average Bonchev–Trinajstić information content (AvgIpc) is 2.23. The minimum Gasteiger partial charge on any atom is -0.304 e. The summed E-state index contributed by atoms with van der Waals surface area (Å²) in [6.45, 7) is 5.60. The van der Waals surface area contributed by atoms with Crippen molar-refractivity contribution in [1.82, 2.24) is 4.90 Å². The molecule has 0 radical (unpaired) electrons. The normalized spacial score (nSPS) is 19.2. The summed E-state index contributed by atoms with van der Waals surface area (Å²) in [5.41, 5.74) is 2.68. The largest absolute Gasteiger partial charge is 0.304 e. The van der Waals surface area contributed by atoms with Gasteiger partial charge in [-0.2, -0.15) is 0 Å². The summed E-state index contributed by atoms with van der Waals surface area (Å²) in [7, 11) is -0.718. The van der Waals surface area contributed by atoms with Gasteiger partial charge in [0.15, 0.2) is 9.84 Å². The van der Waals surface area contributed by atoms with Crippen LogP contribution in [0.2, 0.25) is 0 Å². The van der Waals surface area contributed by atoms with Crippen molar-refractivity contribution in [3.05, 3.63) is 35.4 Å². The van der Waals surface area contributed by atoms with Gasteiger partial charge in [0.05, 0.1) is 11.5 Å². The van der Waals surface area contributed by atoms with Gasteiger partial charge < -0.3 is 4.90 Å². The van der Waals surface area contributed by atoms with Gasteiger partial charge in [0.1, 0.15) is 0 Å². The SMILES string of the molecule is CN1CCS(=O)(=O)CC1.Cc1cccc(C)c1. The Morgan fingerprint density at radius 1 is 1.06 bits per heavy atom. The zero-order valence-corrected chi connectivity index (χ0v) is 11.6. The monoisotopic (exact) mass is 255 g/mol. The maximum atomic E-state index is 10.8. The van der Waals surface area contributed by atoms with E-state index in [9.17, 15) is 8.42 Å². The van der Waals surface area contributed by atoms with Crippen LogP contribution in [-0.4, -0.2) is 45.0 Å². The van der Waals surface area contributed by atoms with Gasteiger partial charge in [-0.1, -0.05) is 35.4 Å². The van der Waals surface area contributed by atoms with Gasteiger partial charge in [-0.3, -0.25) is 0 Å². The summed E-state index contributed by atoms with van der Waals surface area (Å²) in [5, 5.41) is 0. The van der Waals surface area contributed by atoms with E-state index in [0.29, 0.717) is 24.6 Å². The number of nitrogens with zero attached hydrogens (tertiary/aromatic N) is 1. The number of benzene rings is 1. The van der Waals surface area contributed by atoms with Crippen molar-refractivity contribution in [2.75, 3.05) is 31.6 Å². The topological polar surface area (TPSA) is 37.4 Å². The third-order valence-corrected chi connectivity index (χ3v) is 4.35. The van der Waals surface area contributed by atoms with Crippen LogP contribution in [0, 0.1) is 13.8 Å². The van der Waals surface area contributed by atoms with Crippen molar-refractivity contribution >= 4 is 9.84 Å². The van der Waals surface area contributed by atoms with E-state index in [1.807, 2.05) is 11.9 Å². The smallest absolute Gasteiger partial charge is 0.152 e. The molecule has 2 rings (SSSR count). The number of hydrogen-bond donors (Lipinski definition) is 0. The van der Waals surface area contributed by atoms with Crippen LogP contribution < -0.4 is 0 Å². The molecule has 0 spiro atoms. The molecule has 0 bridgehead atoms. The van der Waals surface area contributed by atoms with Gasteiger partial charge in [-0.05, 0) is 20.9 Å². The fourth-order valence-electron chi connectivity index (χ4n) is 1.61. The molecule has 1 saturated heterocycles. The van der Waals surface area contributed by atoms with E-state index in [1.54, 1.807) is 0 Å². The third-order valence-electron chi connectivity index (χ3n) is 2.74. The van der Waals surface area contributed by atoms with Crippen molar-refractivity contribution in [3.63, 3.8) is 0 Å². The molecular weight excluding hydrogens is 234 g/mol. The van der Waals surface area contributed by atoms with Crippen molar-refractivity contribution in [2.24, 2.45) is 0 Å². The Kier molecular flexibility index (Phi) is 5.15. The van der Waals surface area contributed by atoms with Crippen molar-refractivity contribution in [3.8, 4) is 0 Å². The number of sulfone groups is 1. The van der Waals surface area contributed by atoms with Gasteiger partial charge in [0.2, 0.25) is 0 Å². The fourth-order valence-corrected chi connectivity index (χ4v) is 2.99. The van der Waals surface area contributed by atoms with E-state index in [-0.39, 0.29) is 0 Å². The highest BCUT2D eigenvalue weighted by atomic mass is 32.2. The quantitative estimate of drug-likeness (QED) is 0.707. The van der Waals surface area contributed by atoms with Crippen LogP contribution in [0.1, 0.15) is 11.1 Å². The van der Waals surface area contributed by atoms with E-state index >= 15 is 0 Å². The van der Waals surface area contributed by atoms with Crippen LogP contribution >= 0.6 is 0 Å². The Balaban J connectivity index is 0.000000171. The summed E-state index contributed by atoms with van der Waals surface area (Å²) < 4.78 is 21.5. The molecule has 0 aromatic heterocycles. The molecule has 1 aliphatic heterocycles. The Hall–Kier alpha value is -0.870. The van der Waals surface area contributed by atoms with Crippen molar-refractivity contribution in [1.29, 1.82) is 0 Å². The van der Waals surface area contributed by atoms with Gasteiger partial charge in [-0.25, -0.2) is 8.42 Å². The van der Waals surface area contributed by atoms with E-state index in [4.69, 9.17) is 0 Å². The molecule has 4 heteroatoms. The highest BCUT2D eigenvalue weighted by molar-refractivity contribution is 7.91. The summed E-state index contributed by atoms with van der Waals surface area (Å²) >= 11 is 0. The van der Waals surface area contributed by atoms with Crippen LogP contribution in [0.15, 0.2) is 24.3 Å². The molecule has 0 saturated carbocycles. The minimum atomic E-state index is -2.66. The standard InChI is InChI=1S/C8H10.C5H11NO2S/c1-7-4-3-5-8(2)6-7;1-6-2-4-9(7,8)5-3-6/h3-6H,1-2H3;2-5H2,1H3. The molecule has 1 aliphatic rings. The first kappa shape index (κ1) is 14.2. The number of rotatable bonds is 0. The van der Waals surface area contributed by atoms with Crippen LogP contribution in [0.4, 0.5) is 0 Å². The first-order valence-electron chi connectivity index (χ1n) is 5.81. The maximum absolute atomic E-state index is 10.8. The Morgan fingerprint density at radius 2 is 1.53 bits per heavy atom. The molecule has 1 heterocycles. The molecule has 0 amide bonds. The summed E-state index contributed by atoms with van der Waals surface area (Å²) in [4.78, 5) is 2.03. The molecule has 96 valence electrons. The first-order valence-corrected chi connectivity index (χ1v) is 7.63. The Labute approximate surface area is 104 Å². The second kappa shape index (κ2) is 6.17. The summed E-state index contributed by atoms with van der Waals surface area (Å²) in [5.74, 6) is 0.674. The average molecular weight is 255 g/mol. The van der Waals surface area contributed by atoms with Crippen LogP contribution in [-0.2, 0) is 9.84 Å². The van der Waals surface area contributed by atoms with Gasteiger partial charge in [-0.15, -0.1) is 0 Å². The van der Waals surface area contributed by atoms with Crippen LogP contribution in [0.3, 0.4) is 0 Å². The van der Waals surface area contributed by atoms with Crippen LogP contribution in [0.25, 0.3) is 0 Å². The van der Waals surface area contributed by atoms with Crippen molar-refractivity contribution < 1.29 is 8.42 Å². The molecule has 0 aliphatic carbocycles. The molecule has 0 atom stereocenters. The summed E-state index contributed by atoms with van der Waals surface area (Å²) in [6, 6.07) is 8.45. The second-order valence-electron chi connectivity index (χ2n) is 4.61. The lowest BCUT2D eigenvalue weighted by Crippen LogP contribution is -2.37. The molecule has 1 aromatic rings. The maximum Gasteiger partial charge on any atom is 0.152 e. The highest BCUT2D eigenvalue weighted by Gasteiger charge is 2.17.